The Kier molecular flexibility index (Phi) is 24.4. The summed E-state index contributed by atoms with van der Waals surface area (Å²) in [5.41, 5.74) is 6.50. The van der Waals surface area contributed by atoms with Gasteiger partial charge in [0.15, 0.2) is 0 Å². The van der Waals surface area contributed by atoms with Gasteiger partial charge in [0.2, 0.25) is 23.6 Å². The van der Waals surface area contributed by atoms with Gasteiger partial charge in [0.25, 0.3) is 11.8 Å². The van der Waals surface area contributed by atoms with E-state index in [0.717, 1.165) is 5.56 Å². The smallest absolute Gasteiger partial charge is 0.335 e. The molecule has 19 heteroatoms. The molecule has 0 unspecified atom stereocenters. The molecule has 1 fully saturated rings. The molecule has 342 valence electrons. The van der Waals surface area contributed by atoms with E-state index in [2.05, 4.69) is 36.7 Å². The number of anilines is 1. The summed E-state index contributed by atoms with van der Waals surface area (Å²) in [4.78, 5) is 103. The molecular weight excluding hydrogens is 798 g/mol. The van der Waals surface area contributed by atoms with E-state index in [9.17, 15) is 38.4 Å². The predicted octanol–water partition coefficient (Wildman–Crippen LogP) is 2.62. The monoisotopic (exact) mass is 863 g/mol. The number of benzene rings is 1. The van der Waals surface area contributed by atoms with Crippen molar-refractivity contribution in [1.82, 2.24) is 15.7 Å². The number of nitrogens with two attached hydrogens (primary N) is 1. The largest absolute Gasteiger partial charge is 0.461 e. The van der Waals surface area contributed by atoms with Crippen LogP contribution in [0.4, 0.5) is 5.69 Å². The van der Waals surface area contributed by atoms with E-state index in [0.29, 0.717) is 36.4 Å². The van der Waals surface area contributed by atoms with Gasteiger partial charge in [-0.15, -0.1) is 5.06 Å². The molecule has 1 aliphatic heterocycles. The maximum absolute atomic E-state index is 13.5. The first-order valence-electron chi connectivity index (χ1n) is 20.8. The Balaban J connectivity index is 1.68. The minimum Gasteiger partial charge on any atom is -0.461 e. The van der Waals surface area contributed by atoms with Crippen LogP contribution in [-0.4, -0.2) is 117 Å². The fourth-order valence-electron chi connectivity index (χ4n) is 5.47. The van der Waals surface area contributed by atoms with Crippen LogP contribution >= 0.6 is 0 Å². The first-order chi connectivity index (χ1) is 28.9. The van der Waals surface area contributed by atoms with Crippen molar-refractivity contribution in [3.63, 3.8) is 0 Å². The number of hydroxylamine groups is 2. The van der Waals surface area contributed by atoms with Gasteiger partial charge in [-0.05, 0) is 48.3 Å². The Labute approximate surface area is 357 Å². The molecule has 1 aromatic carbocycles. The second kappa shape index (κ2) is 28.5. The van der Waals surface area contributed by atoms with E-state index in [1.165, 1.54) is 0 Å². The van der Waals surface area contributed by atoms with Crippen molar-refractivity contribution in [3.05, 3.63) is 29.8 Å². The third-order valence-corrected chi connectivity index (χ3v) is 9.00. The number of amides is 6. The number of primary amides is 1. The maximum Gasteiger partial charge on any atom is 0.335 e. The molecule has 1 heterocycles. The van der Waals surface area contributed by atoms with Crippen molar-refractivity contribution in [3.8, 4) is 0 Å². The number of esters is 1. The summed E-state index contributed by atoms with van der Waals surface area (Å²) in [5, 5.41) is 8.80. The molecule has 0 spiro atoms. The minimum atomic E-state index is -0.976. The molecule has 0 saturated carbocycles. The molecule has 5 N–H and O–H groups in total. The lowest BCUT2D eigenvalue weighted by Gasteiger charge is -2.25. The average Bonchev–Trinajstić information content (AvgIpc) is 3.51. The highest BCUT2D eigenvalue weighted by Crippen LogP contribution is 2.21. The van der Waals surface area contributed by atoms with Gasteiger partial charge in [0.05, 0.1) is 59.3 Å². The normalized spacial score (nSPS) is 13.8. The van der Waals surface area contributed by atoms with Crippen LogP contribution in [-0.2, 0) is 73.5 Å². The van der Waals surface area contributed by atoms with Crippen molar-refractivity contribution in [1.29, 1.82) is 0 Å². The summed E-state index contributed by atoms with van der Waals surface area (Å²) in [6.45, 7) is 11.4. The lowest BCUT2D eigenvalue weighted by molar-refractivity contribution is -0.198. The van der Waals surface area contributed by atoms with Crippen LogP contribution in [0.25, 0.3) is 0 Å². The Morgan fingerprint density at radius 2 is 1.26 bits per heavy atom. The summed E-state index contributed by atoms with van der Waals surface area (Å²) >= 11 is 0. The van der Waals surface area contributed by atoms with Crippen LogP contribution in [0.1, 0.15) is 104 Å². The molecule has 1 saturated heterocycles. The number of rotatable bonds is 31. The summed E-state index contributed by atoms with van der Waals surface area (Å²) in [6.07, 6.45) is 2.14. The highest BCUT2D eigenvalue weighted by atomic mass is 16.7. The van der Waals surface area contributed by atoms with Crippen LogP contribution in [0.2, 0.25) is 0 Å². The molecule has 6 amide bonds. The van der Waals surface area contributed by atoms with E-state index in [1.54, 1.807) is 38.1 Å². The topological polar surface area (TPSA) is 257 Å². The lowest BCUT2D eigenvalue weighted by atomic mass is 9.91. The van der Waals surface area contributed by atoms with Crippen molar-refractivity contribution in [2.75, 3.05) is 58.2 Å². The summed E-state index contributed by atoms with van der Waals surface area (Å²) < 4.78 is 27.0. The zero-order chi connectivity index (χ0) is 45.2. The lowest BCUT2D eigenvalue weighted by Crippen LogP contribution is -2.54. The van der Waals surface area contributed by atoms with Gasteiger partial charge in [-0.1, -0.05) is 53.2 Å². The van der Waals surface area contributed by atoms with Crippen LogP contribution in [0.3, 0.4) is 0 Å². The van der Waals surface area contributed by atoms with Gasteiger partial charge in [-0.3, -0.25) is 33.6 Å². The van der Waals surface area contributed by atoms with Crippen LogP contribution in [0.15, 0.2) is 24.3 Å². The number of nitrogens with zero attached hydrogens (tertiary/aromatic N) is 1. The van der Waals surface area contributed by atoms with Gasteiger partial charge in [0.1, 0.15) is 18.7 Å². The number of hydrogen-bond donors (Lipinski definition) is 4. The van der Waals surface area contributed by atoms with Crippen LogP contribution < -0.4 is 21.7 Å². The Morgan fingerprint density at radius 3 is 1.80 bits per heavy atom. The minimum absolute atomic E-state index is 0.0189. The van der Waals surface area contributed by atoms with E-state index in [1.807, 2.05) is 0 Å². The number of carbonyl (C=O) groups is 8. The maximum atomic E-state index is 13.5. The fourth-order valence-corrected chi connectivity index (χ4v) is 5.47. The number of carbonyl (C=O) groups excluding carboxylic acids is 8. The van der Waals surface area contributed by atoms with Crippen LogP contribution in [0, 0.1) is 11.3 Å². The zero-order valence-electron chi connectivity index (χ0n) is 36.2. The number of hydrogen-bond acceptors (Lipinski definition) is 14. The summed E-state index contributed by atoms with van der Waals surface area (Å²) in [7, 11) is 0. The number of unbranched alkanes of at least 4 members (excludes halogenated alkanes) is 1. The van der Waals surface area contributed by atoms with Crippen molar-refractivity contribution < 1.29 is 66.9 Å². The molecule has 0 aromatic heterocycles. The SMILES string of the molecule is CC(C)[C@H](NC(=O)CCOCCOCCOCCOCCC(=O)ON1C(=O)CCC1=O)C(=O)N[C@@H](CCCCC(N)=O)C(=O)Nc1ccc(COC(=O)CCC(C)(C)C)cc1. The standard InChI is InChI=1S/C42H65N5O14/c1-29(2)39(46-34(49)17-20-56-22-24-58-26-27-59-25-23-57-21-18-38(53)61-47-35(50)14-15-36(47)51)41(55)45-32(8-6-7-9-33(43)48)40(54)44-31-12-10-30(11-13-31)28-60-37(52)16-19-42(3,4)5/h10-13,29,32,39H,6-9,14-28H2,1-5H3,(H2,43,48)(H,44,54)(H,45,55)(H,46,49)/t32-,39-/m0/s1. The van der Waals surface area contributed by atoms with Crippen LogP contribution in [0.5, 0.6) is 0 Å². The second-order valence-electron chi connectivity index (χ2n) is 16.0. The molecular formula is C42H65N5O14. The summed E-state index contributed by atoms with van der Waals surface area (Å²) in [5.74, 6) is -4.34. The van der Waals surface area contributed by atoms with Crippen molar-refractivity contribution >= 4 is 53.1 Å². The second-order valence-corrected chi connectivity index (χ2v) is 16.0. The molecule has 61 heavy (non-hydrogen) atoms. The number of ether oxygens (including phenoxy) is 5. The van der Waals surface area contributed by atoms with E-state index in [4.69, 9.17) is 34.3 Å². The van der Waals surface area contributed by atoms with Gasteiger partial charge < -0.3 is 50.2 Å². The van der Waals surface area contributed by atoms with E-state index >= 15 is 0 Å². The number of nitrogens with one attached hydrogen (secondary N) is 3. The molecule has 2 rings (SSSR count). The fraction of sp³-hybridized carbons (Fsp3) is 0.667. The first-order valence-corrected chi connectivity index (χ1v) is 20.8. The quantitative estimate of drug-likeness (QED) is 0.0476. The Bertz CT molecular complexity index is 1560. The molecule has 1 aromatic rings. The highest BCUT2D eigenvalue weighted by molar-refractivity contribution is 6.01. The third-order valence-electron chi connectivity index (χ3n) is 9.00. The zero-order valence-corrected chi connectivity index (χ0v) is 36.2. The Morgan fingerprint density at radius 1 is 0.705 bits per heavy atom. The molecule has 0 radical (unpaired) electrons. The van der Waals surface area contributed by atoms with E-state index < -0.39 is 53.5 Å². The molecule has 0 aliphatic carbocycles. The third kappa shape index (κ3) is 23.6. The van der Waals surface area contributed by atoms with Crippen molar-refractivity contribution in [2.45, 2.75) is 118 Å². The molecule has 1 aliphatic rings. The van der Waals surface area contributed by atoms with Gasteiger partial charge in [-0.25, -0.2) is 4.79 Å². The van der Waals surface area contributed by atoms with Gasteiger partial charge in [-0.2, -0.15) is 0 Å². The van der Waals surface area contributed by atoms with E-state index in [-0.39, 0.29) is 115 Å². The molecule has 19 nitrogen and oxygen atoms in total. The van der Waals surface area contributed by atoms with Crippen molar-refractivity contribution in [2.24, 2.45) is 17.1 Å². The highest BCUT2D eigenvalue weighted by Gasteiger charge is 2.33. The molecule has 0 bridgehead atoms. The average molecular weight is 864 g/mol. The van der Waals surface area contributed by atoms with Gasteiger partial charge >= 0.3 is 11.9 Å². The Hall–Kier alpha value is -4.98. The predicted molar refractivity (Wildman–Crippen MR) is 220 cm³/mol. The summed E-state index contributed by atoms with van der Waals surface area (Å²) in [6, 6.07) is 4.88. The van der Waals surface area contributed by atoms with Gasteiger partial charge in [0, 0.05) is 37.8 Å². The first kappa shape index (κ1) is 52.2. The number of imide groups is 1. The molecule has 2 atom stereocenters.